The number of rotatable bonds is 3. The lowest BCUT2D eigenvalue weighted by molar-refractivity contribution is -0.117. The highest BCUT2D eigenvalue weighted by Crippen LogP contribution is 2.28. The van der Waals surface area contributed by atoms with E-state index in [0.717, 1.165) is 5.56 Å². The third-order valence-electron chi connectivity index (χ3n) is 4.47. The molecular formula is C19H18N4O2. The van der Waals surface area contributed by atoms with Crippen LogP contribution < -0.4 is 21.3 Å². The quantitative estimate of drug-likeness (QED) is 0.587. The van der Waals surface area contributed by atoms with E-state index in [2.05, 4.69) is 16.3 Å². The van der Waals surface area contributed by atoms with Crippen LogP contribution in [0.5, 0.6) is 0 Å². The number of hydrogen-bond donors (Lipinski definition) is 3. The van der Waals surface area contributed by atoms with Gasteiger partial charge in [0, 0.05) is 12.5 Å². The van der Waals surface area contributed by atoms with Crippen LogP contribution in [0, 0.1) is 5.92 Å². The molecule has 0 spiro atoms. The first-order valence-electron chi connectivity index (χ1n) is 8.19. The smallest absolute Gasteiger partial charge is 0.267 e. The molecule has 2 unspecified atom stereocenters. The molecule has 6 nitrogen and oxygen atoms in total. The molecule has 2 saturated heterocycles. The number of nitrogens with zero attached hydrogens (tertiary/aromatic N) is 1. The van der Waals surface area contributed by atoms with Crippen LogP contribution in [0.1, 0.15) is 11.6 Å². The molecule has 2 fully saturated rings. The maximum absolute atomic E-state index is 12.7. The molecule has 0 aliphatic carbocycles. The van der Waals surface area contributed by atoms with E-state index in [1.807, 2.05) is 48.5 Å². The zero-order valence-corrected chi connectivity index (χ0v) is 13.5. The number of anilines is 1. The number of para-hydroxylation sites is 1. The fourth-order valence-corrected chi connectivity index (χ4v) is 3.21. The second kappa shape index (κ2) is 6.51. The molecule has 2 heterocycles. The Morgan fingerprint density at radius 2 is 1.64 bits per heavy atom. The van der Waals surface area contributed by atoms with Crippen molar-refractivity contribution in [1.29, 1.82) is 0 Å². The van der Waals surface area contributed by atoms with Crippen molar-refractivity contribution in [3.63, 3.8) is 0 Å². The zero-order valence-electron chi connectivity index (χ0n) is 13.5. The highest BCUT2D eigenvalue weighted by molar-refractivity contribution is 6.29. The minimum atomic E-state index is -0.368. The molecular weight excluding hydrogens is 316 g/mol. The van der Waals surface area contributed by atoms with Gasteiger partial charge in [-0.3, -0.25) is 20.4 Å². The number of nitrogens with one attached hydrogen (secondary N) is 3. The first-order chi connectivity index (χ1) is 12.2. The lowest BCUT2D eigenvalue weighted by Gasteiger charge is -2.16. The van der Waals surface area contributed by atoms with Crippen LogP contribution in [0.2, 0.25) is 0 Å². The van der Waals surface area contributed by atoms with Crippen LogP contribution in [0.25, 0.3) is 0 Å². The van der Waals surface area contributed by atoms with Gasteiger partial charge >= 0.3 is 0 Å². The van der Waals surface area contributed by atoms with Crippen LogP contribution in [0.4, 0.5) is 5.69 Å². The van der Waals surface area contributed by atoms with E-state index in [-0.39, 0.29) is 29.3 Å². The fourth-order valence-electron chi connectivity index (χ4n) is 3.21. The van der Waals surface area contributed by atoms with Crippen molar-refractivity contribution in [3.8, 4) is 0 Å². The van der Waals surface area contributed by atoms with Crippen molar-refractivity contribution < 1.29 is 9.59 Å². The maximum atomic E-state index is 12.7. The lowest BCUT2D eigenvalue weighted by atomic mass is 9.93. The molecule has 126 valence electrons. The Kier molecular flexibility index (Phi) is 4.05. The van der Waals surface area contributed by atoms with E-state index in [1.165, 1.54) is 5.01 Å². The number of hydrazine groups is 2. The molecule has 0 radical (unpaired) electrons. The number of carbonyl (C=O) groups excluding carboxylic acids is 2. The summed E-state index contributed by atoms with van der Waals surface area (Å²) >= 11 is 0. The highest BCUT2D eigenvalue weighted by atomic mass is 16.2. The Bertz CT molecular complexity index is 820. The third kappa shape index (κ3) is 2.93. The van der Waals surface area contributed by atoms with E-state index >= 15 is 0 Å². The molecule has 2 aromatic rings. The van der Waals surface area contributed by atoms with Crippen molar-refractivity contribution in [2.75, 3.05) is 11.6 Å². The summed E-state index contributed by atoms with van der Waals surface area (Å²) in [5.74, 6) is -0.690. The molecule has 6 heteroatoms. The summed E-state index contributed by atoms with van der Waals surface area (Å²) in [6.45, 7) is 0.648. The summed E-state index contributed by atoms with van der Waals surface area (Å²) < 4.78 is 0. The van der Waals surface area contributed by atoms with Gasteiger partial charge in [-0.05, 0) is 17.7 Å². The van der Waals surface area contributed by atoms with Gasteiger partial charge in [0.25, 0.3) is 11.8 Å². The van der Waals surface area contributed by atoms with Crippen molar-refractivity contribution in [3.05, 3.63) is 77.9 Å². The molecule has 0 saturated carbocycles. The van der Waals surface area contributed by atoms with E-state index in [1.54, 1.807) is 18.2 Å². The molecule has 3 N–H and O–H groups in total. The SMILES string of the molecule is O=C1NN(c2ccccc2)C(=O)/C1=C\C1CNNC1c1ccccc1. The molecule has 2 atom stereocenters. The van der Waals surface area contributed by atoms with Crippen LogP contribution in [-0.4, -0.2) is 18.4 Å². The van der Waals surface area contributed by atoms with Crippen LogP contribution in [-0.2, 0) is 9.59 Å². The topological polar surface area (TPSA) is 73.5 Å². The Balaban J connectivity index is 1.60. The molecule has 2 aromatic carbocycles. The summed E-state index contributed by atoms with van der Waals surface area (Å²) in [4.78, 5) is 25.0. The molecule has 2 aliphatic rings. The van der Waals surface area contributed by atoms with Crippen molar-refractivity contribution in [2.45, 2.75) is 6.04 Å². The Hall–Kier alpha value is -2.96. The summed E-state index contributed by atoms with van der Waals surface area (Å²) in [7, 11) is 0. The number of amides is 2. The van der Waals surface area contributed by atoms with Gasteiger partial charge in [0.15, 0.2) is 0 Å². The molecule has 2 amide bonds. The summed E-state index contributed by atoms with van der Waals surface area (Å²) in [5, 5.41) is 1.29. The summed E-state index contributed by atoms with van der Waals surface area (Å²) in [6, 6.07) is 19.1. The third-order valence-corrected chi connectivity index (χ3v) is 4.47. The van der Waals surface area contributed by atoms with Crippen molar-refractivity contribution in [1.82, 2.24) is 16.3 Å². The normalized spacial score (nSPS) is 24.8. The predicted octanol–water partition coefficient (Wildman–Crippen LogP) is 1.46. The van der Waals surface area contributed by atoms with Gasteiger partial charge < -0.3 is 0 Å². The molecule has 0 aromatic heterocycles. The minimum Gasteiger partial charge on any atom is -0.267 e. The van der Waals surface area contributed by atoms with E-state index in [9.17, 15) is 9.59 Å². The number of benzene rings is 2. The van der Waals surface area contributed by atoms with Crippen molar-refractivity contribution >= 4 is 17.5 Å². The molecule has 4 rings (SSSR count). The van der Waals surface area contributed by atoms with Gasteiger partial charge in [-0.2, -0.15) is 0 Å². The Labute approximate surface area is 145 Å². The number of hydrogen-bond acceptors (Lipinski definition) is 4. The monoisotopic (exact) mass is 334 g/mol. The van der Waals surface area contributed by atoms with Gasteiger partial charge in [-0.1, -0.05) is 54.6 Å². The van der Waals surface area contributed by atoms with E-state index < -0.39 is 0 Å². The van der Waals surface area contributed by atoms with E-state index in [0.29, 0.717) is 12.2 Å². The minimum absolute atomic E-state index is 0.00261. The van der Waals surface area contributed by atoms with Gasteiger partial charge in [0.2, 0.25) is 0 Å². The first-order valence-corrected chi connectivity index (χ1v) is 8.19. The second-order valence-electron chi connectivity index (χ2n) is 6.07. The largest absolute Gasteiger partial charge is 0.282 e. The Morgan fingerprint density at radius 1 is 0.960 bits per heavy atom. The predicted molar refractivity (Wildman–Crippen MR) is 94.0 cm³/mol. The van der Waals surface area contributed by atoms with Crippen LogP contribution >= 0.6 is 0 Å². The average molecular weight is 334 g/mol. The zero-order chi connectivity index (χ0) is 17.2. The van der Waals surface area contributed by atoms with E-state index in [4.69, 9.17) is 0 Å². The highest BCUT2D eigenvalue weighted by Gasteiger charge is 2.37. The Morgan fingerprint density at radius 3 is 2.36 bits per heavy atom. The summed E-state index contributed by atoms with van der Waals surface area (Å²) in [5.41, 5.74) is 10.9. The van der Waals surface area contributed by atoms with Gasteiger partial charge in [0.05, 0.1) is 11.7 Å². The van der Waals surface area contributed by atoms with Crippen LogP contribution in [0.15, 0.2) is 72.3 Å². The second-order valence-corrected chi connectivity index (χ2v) is 6.07. The van der Waals surface area contributed by atoms with Gasteiger partial charge in [0.1, 0.15) is 5.57 Å². The average Bonchev–Trinajstić information content (AvgIpc) is 3.23. The lowest BCUT2D eigenvalue weighted by Crippen LogP contribution is -2.35. The standard InChI is InChI=1S/C19H18N4O2/c24-18-16(19(25)23(22-18)15-9-5-2-6-10-15)11-14-12-20-21-17(14)13-7-3-1-4-8-13/h1-11,14,17,20-21H,12H2,(H,22,24)/b16-11-. The number of carbonyl (C=O) groups is 2. The molecule has 2 aliphatic heterocycles. The fraction of sp³-hybridized carbons (Fsp3) is 0.158. The van der Waals surface area contributed by atoms with Crippen LogP contribution in [0.3, 0.4) is 0 Å². The van der Waals surface area contributed by atoms with Gasteiger partial charge in [-0.15, -0.1) is 0 Å². The maximum Gasteiger partial charge on any atom is 0.282 e. The molecule has 0 bridgehead atoms. The van der Waals surface area contributed by atoms with Crippen molar-refractivity contribution in [2.24, 2.45) is 5.92 Å². The first kappa shape index (κ1) is 15.6. The summed E-state index contributed by atoms with van der Waals surface area (Å²) in [6.07, 6.45) is 1.77. The van der Waals surface area contributed by atoms with Gasteiger partial charge in [-0.25, -0.2) is 10.4 Å². The molecule has 25 heavy (non-hydrogen) atoms.